The number of carbonyl (C=O) groups is 3. The number of hydrogen-bond acceptors (Lipinski definition) is 7. The van der Waals surface area contributed by atoms with E-state index in [1.54, 1.807) is 22.3 Å². The van der Waals surface area contributed by atoms with Crippen molar-refractivity contribution >= 4 is 29.1 Å². The third-order valence-corrected chi connectivity index (χ3v) is 8.01. The highest BCUT2D eigenvalue weighted by molar-refractivity contribution is 7.15. The molecule has 0 bridgehead atoms. The second-order valence-corrected chi connectivity index (χ2v) is 10.6. The van der Waals surface area contributed by atoms with Crippen LogP contribution in [0.15, 0.2) is 54.7 Å². The third-order valence-electron chi connectivity index (χ3n) is 6.98. The number of benzene rings is 2. The van der Waals surface area contributed by atoms with Crippen LogP contribution in [0.3, 0.4) is 0 Å². The van der Waals surface area contributed by atoms with Gasteiger partial charge in [0.2, 0.25) is 11.8 Å². The lowest BCUT2D eigenvalue weighted by Gasteiger charge is -2.29. The number of thiazole rings is 1. The summed E-state index contributed by atoms with van der Waals surface area (Å²) in [7, 11) is 0. The predicted octanol–water partition coefficient (Wildman–Crippen LogP) is 3.22. The highest BCUT2D eigenvalue weighted by Crippen LogP contribution is 2.32. The fraction of sp³-hybridized carbons (Fsp3) is 0.333. The number of carbonyl (C=O) groups excluding carboxylic acids is 3. The Balaban J connectivity index is 1.06. The standard InChI is InChI=1S/C27H26N4O4S/c32-24-9-8-23(25(33)29-24)31-14-18-12-19(6-7-22(18)27(31)34)35-20-10-11-30(15-20)16-21-13-28-26(36-21)17-4-2-1-3-5-17/h1-7,12-13,20,23H,8-11,14-16H2,(H,29,32,33)/t20-,23?/m0/s1. The Bertz CT molecular complexity index is 1320. The summed E-state index contributed by atoms with van der Waals surface area (Å²) < 4.78 is 6.29. The van der Waals surface area contributed by atoms with Gasteiger partial charge in [0, 0.05) is 54.8 Å². The smallest absolute Gasteiger partial charge is 0.255 e. The van der Waals surface area contributed by atoms with Crippen molar-refractivity contribution in [3.05, 3.63) is 70.7 Å². The van der Waals surface area contributed by atoms with Crippen molar-refractivity contribution in [3.8, 4) is 16.3 Å². The molecule has 8 nitrogen and oxygen atoms in total. The molecule has 184 valence electrons. The van der Waals surface area contributed by atoms with E-state index in [2.05, 4.69) is 27.3 Å². The number of ether oxygens (including phenoxy) is 1. The van der Waals surface area contributed by atoms with Crippen molar-refractivity contribution in [2.24, 2.45) is 0 Å². The topological polar surface area (TPSA) is 91.8 Å². The van der Waals surface area contributed by atoms with Crippen molar-refractivity contribution in [2.45, 2.75) is 44.5 Å². The molecule has 2 saturated heterocycles. The summed E-state index contributed by atoms with van der Waals surface area (Å²) in [6, 6.07) is 15.2. The Morgan fingerprint density at radius 1 is 1.08 bits per heavy atom. The van der Waals surface area contributed by atoms with Crippen LogP contribution in [-0.4, -0.2) is 57.7 Å². The first kappa shape index (κ1) is 22.9. The van der Waals surface area contributed by atoms with Gasteiger partial charge in [-0.3, -0.25) is 24.6 Å². The van der Waals surface area contributed by atoms with Crippen molar-refractivity contribution in [1.82, 2.24) is 20.1 Å². The third kappa shape index (κ3) is 4.52. The zero-order valence-electron chi connectivity index (χ0n) is 19.7. The average molecular weight is 503 g/mol. The number of piperidine rings is 1. The first-order valence-corrected chi connectivity index (χ1v) is 13.0. The summed E-state index contributed by atoms with van der Waals surface area (Å²) in [6.45, 7) is 2.99. The van der Waals surface area contributed by atoms with Crippen LogP contribution in [0.4, 0.5) is 0 Å². The zero-order chi connectivity index (χ0) is 24.6. The predicted molar refractivity (Wildman–Crippen MR) is 134 cm³/mol. The van der Waals surface area contributed by atoms with Gasteiger partial charge in [-0.05, 0) is 36.6 Å². The normalized spacial score (nSPS) is 22.1. The monoisotopic (exact) mass is 502 g/mol. The molecule has 3 aromatic rings. The van der Waals surface area contributed by atoms with Crippen LogP contribution in [0.5, 0.6) is 5.75 Å². The second kappa shape index (κ2) is 9.48. The quantitative estimate of drug-likeness (QED) is 0.521. The fourth-order valence-corrected chi connectivity index (χ4v) is 6.13. The van der Waals surface area contributed by atoms with E-state index in [1.165, 1.54) is 4.88 Å². The van der Waals surface area contributed by atoms with Gasteiger partial charge in [-0.25, -0.2) is 4.98 Å². The van der Waals surface area contributed by atoms with Gasteiger partial charge in [-0.15, -0.1) is 11.3 Å². The molecular formula is C27H26N4O4S. The molecule has 6 rings (SSSR count). The van der Waals surface area contributed by atoms with E-state index in [1.807, 2.05) is 36.5 Å². The van der Waals surface area contributed by atoms with Gasteiger partial charge < -0.3 is 9.64 Å². The molecule has 1 N–H and O–H groups in total. The number of nitrogens with one attached hydrogen (secondary N) is 1. The molecule has 2 fully saturated rings. The van der Waals surface area contributed by atoms with E-state index >= 15 is 0 Å². The van der Waals surface area contributed by atoms with Gasteiger partial charge in [0.15, 0.2) is 0 Å². The number of imide groups is 1. The lowest BCUT2D eigenvalue weighted by Crippen LogP contribution is -2.52. The molecule has 1 unspecified atom stereocenters. The summed E-state index contributed by atoms with van der Waals surface area (Å²) in [4.78, 5) is 46.4. The van der Waals surface area contributed by atoms with Crippen molar-refractivity contribution < 1.29 is 19.1 Å². The van der Waals surface area contributed by atoms with Gasteiger partial charge >= 0.3 is 0 Å². The van der Waals surface area contributed by atoms with E-state index in [0.717, 1.165) is 47.9 Å². The van der Waals surface area contributed by atoms with Gasteiger partial charge in [0.1, 0.15) is 22.9 Å². The Morgan fingerprint density at radius 2 is 1.94 bits per heavy atom. The van der Waals surface area contributed by atoms with E-state index < -0.39 is 11.9 Å². The molecule has 0 spiro atoms. The molecule has 3 aliphatic rings. The molecule has 9 heteroatoms. The number of rotatable bonds is 6. The molecule has 2 atom stereocenters. The summed E-state index contributed by atoms with van der Waals surface area (Å²) in [5, 5.41) is 3.38. The molecule has 2 aromatic carbocycles. The van der Waals surface area contributed by atoms with Crippen LogP contribution in [0.1, 0.15) is 40.1 Å². The maximum atomic E-state index is 12.9. The molecule has 0 aliphatic carbocycles. The van der Waals surface area contributed by atoms with Crippen LogP contribution in [0.2, 0.25) is 0 Å². The minimum Gasteiger partial charge on any atom is -0.489 e. The average Bonchev–Trinajstić information content (AvgIpc) is 3.60. The second-order valence-electron chi connectivity index (χ2n) is 9.48. The van der Waals surface area contributed by atoms with Gasteiger partial charge in [0.25, 0.3) is 5.91 Å². The minimum absolute atomic E-state index is 0.0768. The molecule has 3 amide bonds. The first-order valence-electron chi connectivity index (χ1n) is 12.2. The van der Waals surface area contributed by atoms with E-state index in [-0.39, 0.29) is 24.3 Å². The van der Waals surface area contributed by atoms with Crippen LogP contribution in [-0.2, 0) is 22.7 Å². The summed E-state index contributed by atoms with van der Waals surface area (Å²) in [5.74, 6) is -0.111. The molecule has 36 heavy (non-hydrogen) atoms. The molecule has 0 saturated carbocycles. The van der Waals surface area contributed by atoms with Crippen molar-refractivity contribution in [3.63, 3.8) is 0 Å². The van der Waals surface area contributed by atoms with Gasteiger partial charge in [0.05, 0.1) is 0 Å². The fourth-order valence-electron chi connectivity index (χ4n) is 5.17. The highest BCUT2D eigenvalue weighted by atomic mass is 32.1. The number of likely N-dealkylation sites (tertiary alicyclic amines) is 1. The molecule has 3 aliphatic heterocycles. The lowest BCUT2D eigenvalue weighted by molar-refractivity contribution is -0.136. The maximum Gasteiger partial charge on any atom is 0.255 e. The Kier molecular flexibility index (Phi) is 6.02. The summed E-state index contributed by atoms with van der Waals surface area (Å²) in [6.07, 6.45) is 3.58. The first-order chi connectivity index (χ1) is 17.5. The molecule has 1 aromatic heterocycles. The van der Waals surface area contributed by atoms with Crippen LogP contribution in [0, 0.1) is 0 Å². The van der Waals surface area contributed by atoms with Gasteiger partial charge in [-0.2, -0.15) is 0 Å². The van der Waals surface area contributed by atoms with Crippen LogP contribution >= 0.6 is 11.3 Å². The number of nitrogens with zero attached hydrogens (tertiary/aromatic N) is 3. The maximum absolute atomic E-state index is 12.9. The zero-order valence-corrected chi connectivity index (χ0v) is 20.5. The number of fused-ring (bicyclic) bond motifs is 1. The van der Waals surface area contributed by atoms with E-state index in [4.69, 9.17) is 4.74 Å². The SMILES string of the molecule is O=C1CCC(N2Cc3cc(O[C@H]4CCN(Cc5cnc(-c6ccccc6)s5)C4)ccc3C2=O)C(=O)N1. The number of amides is 3. The lowest BCUT2D eigenvalue weighted by atomic mass is 10.0. The summed E-state index contributed by atoms with van der Waals surface area (Å²) in [5.41, 5.74) is 2.59. The van der Waals surface area contributed by atoms with Crippen molar-refractivity contribution in [1.29, 1.82) is 0 Å². The molecule has 4 heterocycles. The number of hydrogen-bond donors (Lipinski definition) is 1. The van der Waals surface area contributed by atoms with Crippen LogP contribution in [0.25, 0.3) is 10.6 Å². The van der Waals surface area contributed by atoms with Crippen LogP contribution < -0.4 is 10.1 Å². The van der Waals surface area contributed by atoms with E-state index in [0.29, 0.717) is 18.5 Å². The molecule has 0 radical (unpaired) electrons. The van der Waals surface area contributed by atoms with Crippen molar-refractivity contribution in [2.75, 3.05) is 13.1 Å². The minimum atomic E-state index is -0.607. The van der Waals surface area contributed by atoms with Gasteiger partial charge in [-0.1, -0.05) is 30.3 Å². The highest BCUT2D eigenvalue weighted by Gasteiger charge is 2.39. The van der Waals surface area contributed by atoms with E-state index in [9.17, 15) is 14.4 Å². The largest absolute Gasteiger partial charge is 0.489 e. The Labute approximate surface area is 212 Å². The summed E-state index contributed by atoms with van der Waals surface area (Å²) >= 11 is 1.73. The number of aromatic nitrogens is 1. The Morgan fingerprint density at radius 3 is 2.78 bits per heavy atom. The Hall–Kier alpha value is -3.56. The molecular weight excluding hydrogens is 476 g/mol.